The molecular formula is C10H19N5O2. The molecular weight excluding hydrogens is 222 g/mol. The van der Waals surface area contributed by atoms with Crippen LogP contribution in [0.25, 0.3) is 0 Å². The zero-order valence-corrected chi connectivity index (χ0v) is 10.3. The van der Waals surface area contributed by atoms with Crippen molar-refractivity contribution >= 4 is 11.9 Å². The van der Waals surface area contributed by atoms with E-state index < -0.39 is 0 Å². The number of anilines is 1. The molecule has 0 aromatic carbocycles. The first-order chi connectivity index (χ1) is 8.17. The summed E-state index contributed by atoms with van der Waals surface area (Å²) in [6.45, 7) is 6.46. The maximum atomic E-state index is 11.9. The first-order valence-electron chi connectivity index (χ1n) is 5.67. The van der Waals surface area contributed by atoms with Gasteiger partial charge in [-0.2, -0.15) is 0 Å². The van der Waals surface area contributed by atoms with Crippen LogP contribution < -0.4 is 5.73 Å². The maximum absolute atomic E-state index is 11.9. The molecule has 0 unspecified atom stereocenters. The molecule has 0 spiro atoms. The van der Waals surface area contributed by atoms with Crippen LogP contribution in [0.5, 0.6) is 0 Å². The fraction of sp³-hybridized carbons (Fsp3) is 0.700. The highest BCUT2D eigenvalue weighted by atomic mass is 16.5. The summed E-state index contributed by atoms with van der Waals surface area (Å²) < 4.78 is 6.65. The molecule has 1 aromatic heterocycles. The first-order valence-corrected chi connectivity index (χ1v) is 5.67. The van der Waals surface area contributed by atoms with Crippen LogP contribution in [-0.4, -0.2) is 51.9 Å². The molecule has 1 heterocycles. The topological polar surface area (TPSA) is 86.3 Å². The molecule has 0 aliphatic rings. The molecule has 0 fully saturated rings. The molecule has 1 amide bonds. The average Bonchev–Trinajstić information content (AvgIpc) is 2.70. The zero-order chi connectivity index (χ0) is 12.7. The molecule has 0 radical (unpaired) electrons. The summed E-state index contributed by atoms with van der Waals surface area (Å²) in [5, 5.41) is 3.87. The van der Waals surface area contributed by atoms with Crippen molar-refractivity contribution in [1.82, 2.24) is 19.7 Å². The molecule has 0 saturated heterocycles. The molecule has 7 heteroatoms. The van der Waals surface area contributed by atoms with E-state index in [-0.39, 0.29) is 18.4 Å². The van der Waals surface area contributed by atoms with E-state index in [0.717, 1.165) is 0 Å². The maximum Gasteiger partial charge on any atom is 0.244 e. The molecule has 0 aliphatic carbocycles. The molecule has 1 aromatic rings. The van der Waals surface area contributed by atoms with E-state index in [0.29, 0.717) is 26.3 Å². The Kier molecular flexibility index (Phi) is 5.41. The fourth-order valence-corrected chi connectivity index (χ4v) is 1.40. The number of carbonyl (C=O) groups excluding carboxylic acids is 1. The van der Waals surface area contributed by atoms with Crippen molar-refractivity contribution in [3.63, 3.8) is 0 Å². The fourth-order valence-electron chi connectivity index (χ4n) is 1.40. The van der Waals surface area contributed by atoms with Gasteiger partial charge < -0.3 is 15.4 Å². The molecule has 0 atom stereocenters. The second-order valence-corrected chi connectivity index (χ2v) is 3.47. The van der Waals surface area contributed by atoms with Gasteiger partial charge in [-0.05, 0) is 13.8 Å². The summed E-state index contributed by atoms with van der Waals surface area (Å²) in [6.07, 6.45) is 1.45. The molecule has 2 N–H and O–H groups in total. The number of ether oxygens (including phenoxy) is 1. The van der Waals surface area contributed by atoms with E-state index in [9.17, 15) is 4.79 Å². The number of aromatic nitrogens is 3. The number of nitrogens with zero attached hydrogens (tertiary/aromatic N) is 4. The third-order valence-electron chi connectivity index (χ3n) is 2.30. The summed E-state index contributed by atoms with van der Waals surface area (Å²) >= 11 is 0. The van der Waals surface area contributed by atoms with Crippen molar-refractivity contribution < 1.29 is 9.53 Å². The molecule has 7 nitrogen and oxygen atoms in total. The lowest BCUT2D eigenvalue weighted by Gasteiger charge is -2.20. The van der Waals surface area contributed by atoms with Crippen molar-refractivity contribution in [2.24, 2.45) is 0 Å². The van der Waals surface area contributed by atoms with Crippen molar-refractivity contribution in [1.29, 1.82) is 0 Å². The standard InChI is InChI=1S/C10H19N5O2/c1-3-14(5-6-17-4-2)9(16)7-15-8-12-10(11)13-15/h8H,3-7H2,1-2H3,(H2,11,13). The van der Waals surface area contributed by atoms with Gasteiger partial charge in [0.25, 0.3) is 0 Å². The number of likely N-dealkylation sites (N-methyl/N-ethyl adjacent to an activating group) is 1. The third kappa shape index (κ3) is 4.39. The van der Waals surface area contributed by atoms with Crippen LogP contribution in [0.2, 0.25) is 0 Å². The Labute approximate surface area is 101 Å². The molecule has 17 heavy (non-hydrogen) atoms. The van der Waals surface area contributed by atoms with Crippen molar-refractivity contribution in [3.05, 3.63) is 6.33 Å². The van der Waals surface area contributed by atoms with Crippen LogP contribution in [0, 0.1) is 0 Å². The molecule has 0 saturated carbocycles. The normalized spacial score (nSPS) is 10.5. The zero-order valence-electron chi connectivity index (χ0n) is 10.3. The number of amides is 1. The SMILES string of the molecule is CCOCCN(CC)C(=O)Cn1cnc(N)n1. The molecule has 0 aliphatic heterocycles. The Morgan fingerprint density at radius 1 is 1.59 bits per heavy atom. The van der Waals surface area contributed by atoms with Crippen molar-refractivity contribution in [2.45, 2.75) is 20.4 Å². The van der Waals surface area contributed by atoms with Gasteiger partial charge in [-0.15, -0.1) is 5.10 Å². The van der Waals surface area contributed by atoms with E-state index >= 15 is 0 Å². The van der Waals surface area contributed by atoms with E-state index in [4.69, 9.17) is 10.5 Å². The van der Waals surface area contributed by atoms with Crippen molar-refractivity contribution in [3.8, 4) is 0 Å². The van der Waals surface area contributed by atoms with Crippen LogP contribution in [0.3, 0.4) is 0 Å². The Hall–Kier alpha value is -1.63. The van der Waals surface area contributed by atoms with E-state index in [1.807, 2.05) is 13.8 Å². The summed E-state index contributed by atoms with van der Waals surface area (Å²) in [5.41, 5.74) is 5.37. The smallest absolute Gasteiger partial charge is 0.244 e. The highest BCUT2D eigenvalue weighted by Crippen LogP contribution is 1.95. The monoisotopic (exact) mass is 241 g/mol. The summed E-state index contributed by atoms with van der Waals surface area (Å²) in [5.74, 6) is 0.160. The van der Waals surface area contributed by atoms with Gasteiger partial charge in [0, 0.05) is 19.7 Å². The van der Waals surface area contributed by atoms with Gasteiger partial charge in [0.05, 0.1) is 6.61 Å². The van der Waals surface area contributed by atoms with Gasteiger partial charge in [0.2, 0.25) is 11.9 Å². The van der Waals surface area contributed by atoms with Gasteiger partial charge in [0.15, 0.2) is 0 Å². The number of rotatable bonds is 7. The summed E-state index contributed by atoms with van der Waals surface area (Å²) in [7, 11) is 0. The lowest BCUT2D eigenvalue weighted by Crippen LogP contribution is -2.36. The Morgan fingerprint density at radius 2 is 2.35 bits per heavy atom. The van der Waals surface area contributed by atoms with Gasteiger partial charge in [-0.25, -0.2) is 9.67 Å². The molecule has 1 rings (SSSR count). The Morgan fingerprint density at radius 3 is 2.88 bits per heavy atom. The highest BCUT2D eigenvalue weighted by molar-refractivity contribution is 5.75. The van der Waals surface area contributed by atoms with Crippen LogP contribution in [0.4, 0.5) is 5.95 Å². The number of hydrogen-bond acceptors (Lipinski definition) is 5. The van der Waals surface area contributed by atoms with Gasteiger partial charge in [0.1, 0.15) is 12.9 Å². The predicted molar refractivity (Wildman–Crippen MR) is 63.2 cm³/mol. The second-order valence-electron chi connectivity index (χ2n) is 3.47. The minimum atomic E-state index is -0.0166. The Balaban J connectivity index is 2.43. The van der Waals surface area contributed by atoms with Crippen LogP contribution >= 0.6 is 0 Å². The van der Waals surface area contributed by atoms with Gasteiger partial charge >= 0.3 is 0 Å². The number of carbonyl (C=O) groups is 1. The lowest BCUT2D eigenvalue weighted by molar-refractivity contribution is -0.132. The largest absolute Gasteiger partial charge is 0.380 e. The van der Waals surface area contributed by atoms with Crippen LogP contribution in [-0.2, 0) is 16.1 Å². The second kappa shape index (κ2) is 6.85. The van der Waals surface area contributed by atoms with Crippen LogP contribution in [0.1, 0.15) is 13.8 Å². The van der Waals surface area contributed by atoms with Gasteiger partial charge in [-0.3, -0.25) is 4.79 Å². The number of nitrogens with two attached hydrogens (primary N) is 1. The summed E-state index contributed by atoms with van der Waals surface area (Å²) in [4.78, 5) is 17.4. The van der Waals surface area contributed by atoms with E-state index in [2.05, 4.69) is 10.1 Å². The number of nitrogen functional groups attached to an aromatic ring is 1. The molecule has 0 bridgehead atoms. The third-order valence-corrected chi connectivity index (χ3v) is 2.30. The average molecular weight is 241 g/mol. The predicted octanol–water partition coefficient (Wildman–Crippen LogP) is -0.255. The lowest BCUT2D eigenvalue weighted by atomic mass is 10.4. The number of hydrogen-bond donors (Lipinski definition) is 1. The minimum absolute atomic E-state index is 0.0166. The van der Waals surface area contributed by atoms with Crippen molar-refractivity contribution in [2.75, 3.05) is 32.0 Å². The van der Waals surface area contributed by atoms with E-state index in [1.54, 1.807) is 4.90 Å². The first kappa shape index (κ1) is 13.4. The quantitative estimate of drug-likeness (QED) is 0.665. The molecule has 96 valence electrons. The highest BCUT2D eigenvalue weighted by Gasteiger charge is 2.12. The summed E-state index contributed by atoms with van der Waals surface area (Å²) in [6, 6.07) is 0. The van der Waals surface area contributed by atoms with E-state index in [1.165, 1.54) is 11.0 Å². The minimum Gasteiger partial charge on any atom is -0.380 e. The Bertz CT molecular complexity index is 352. The van der Waals surface area contributed by atoms with Crippen LogP contribution in [0.15, 0.2) is 6.33 Å². The van der Waals surface area contributed by atoms with Gasteiger partial charge in [-0.1, -0.05) is 0 Å².